The van der Waals surface area contributed by atoms with Gasteiger partial charge < -0.3 is 30.3 Å². The summed E-state index contributed by atoms with van der Waals surface area (Å²) in [6.45, 7) is 0. The highest BCUT2D eigenvalue weighted by molar-refractivity contribution is 8.00. The molecule has 1 fully saturated rings. The number of aromatic nitrogens is 2. The van der Waals surface area contributed by atoms with Gasteiger partial charge in [0.25, 0.3) is 17.7 Å². The molecule has 2 amide bonds. The molecule has 0 bridgehead atoms. The number of thioether (sulfide) groups is 1. The average Bonchev–Trinajstić information content (AvgIpc) is 3.47. The Balaban J connectivity index is 1.52. The second-order valence-electron chi connectivity index (χ2n) is 6.84. The lowest BCUT2D eigenvalue weighted by Crippen LogP contribution is -2.71. The van der Waals surface area contributed by atoms with Crippen LogP contribution < -0.4 is 15.8 Å². The second-order valence-corrected chi connectivity index (χ2v) is 8.83. The maximum Gasteiger partial charge on any atom is 0.352 e. The largest absolute Gasteiger partial charge is 0.479 e. The smallest absolute Gasteiger partial charge is 0.352 e. The summed E-state index contributed by atoms with van der Waals surface area (Å²) in [7, 11) is 2.71. The predicted octanol–water partition coefficient (Wildman–Crippen LogP) is 0.524. The number of carbonyl (C=O) groups is 3. The summed E-state index contributed by atoms with van der Waals surface area (Å²) >= 11 is 2.43. The monoisotopic (exact) mass is 506 g/mol. The summed E-state index contributed by atoms with van der Waals surface area (Å²) in [5, 5.41) is 20.9. The average molecular weight is 507 g/mol. The number of anilines is 1. The number of aliphatic carboxylic acids is 1. The van der Waals surface area contributed by atoms with Gasteiger partial charge in [0.1, 0.15) is 29.9 Å². The van der Waals surface area contributed by atoms with Gasteiger partial charge in [0.15, 0.2) is 16.6 Å². The molecular weight excluding hydrogens is 488 g/mol. The zero-order valence-electron chi connectivity index (χ0n) is 17.8. The lowest BCUT2D eigenvalue weighted by atomic mass is 10.0. The number of oxime groups is 1. The molecule has 0 aliphatic carbocycles. The summed E-state index contributed by atoms with van der Waals surface area (Å²) in [5.41, 5.74) is 5.91. The molecule has 4 rings (SSSR count). The number of rotatable bonds is 8. The number of carboxylic acid groups (broad SMARTS) is 1. The Morgan fingerprint density at radius 3 is 2.82 bits per heavy atom. The highest BCUT2D eigenvalue weighted by Gasteiger charge is 2.54. The molecular formula is C19H18N6O7S2. The van der Waals surface area contributed by atoms with E-state index >= 15 is 0 Å². The van der Waals surface area contributed by atoms with Crippen molar-refractivity contribution in [2.24, 2.45) is 5.16 Å². The number of nitrogens with zero attached hydrogens (tertiary/aromatic N) is 4. The van der Waals surface area contributed by atoms with Crippen molar-refractivity contribution in [3.63, 3.8) is 0 Å². The SMILES string of the molecule is CO/N=C(\C(=O)N[C@@H]1C(=O)N2C(C(=O)O)=C(/C=C\c3cc(OC)no3)CS[C@H]12)c1csc(N)n1. The Kier molecular flexibility index (Phi) is 6.56. The first-order valence-corrected chi connectivity index (χ1v) is 11.5. The van der Waals surface area contributed by atoms with Crippen LogP contribution in [0.1, 0.15) is 11.5 Å². The van der Waals surface area contributed by atoms with Gasteiger partial charge >= 0.3 is 5.97 Å². The van der Waals surface area contributed by atoms with Gasteiger partial charge in [-0.1, -0.05) is 11.2 Å². The number of nitrogen functional groups attached to an aromatic ring is 1. The van der Waals surface area contributed by atoms with E-state index in [1.807, 2.05) is 0 Å². The molecule has 2 aromatic rings. The molecule has 2 atom stereocenters. The summed E-state index contributed by atoms with van der Waals surface area (Å²) in [5.74, 6) is -1.61. The zero-order chi connectivity index (χ0) is 24.4. The number of nitrogens with one attached hydrogen (secondary N) is 1. The van der Waals surface area contributed by atoms with E-state index in [4.69, 9.17) is 19.8 Å². The Morgan fingerprint density at radius 2 is 2.21 bits per heavy atom. The summed E-state index contributed by atoms with van der Waals surface area (Å²) in [6, 6.07) is 0.583. The van der Waals surface area contributed by atoms with Gasteiger partial charge in [0.05, 0.1) is 7.11 Å². The number of nitrogens with two attached hydrogens (primary N) is 1. The van der Waals surface area contributed by atoms with Crippen molar-refractivity contribution in [1.29, 1.82) is 0 Å². The Morgan fingerprint density at radius 1 is 1.41 bits per heavy atom. The van der Waals surface area contributed by atoms with Gasteiger partial charge in [-0.05, 0) is 16.8 Å². The van der Waals surface area contributed by atoms with Crippen LogP contribution in [-0.4, -0.2) is 75.0 Å². The van der Waals surface area contributed by atoms with E-state index in [1.54, 1.807) is 6.08 Å². The van der Waals surface area contributed by atoms with Gasteiger partial charge in [-0.25, -0.2) is 9.78 Å². The Labute approximate surface area is 200 Å². The number of hydrogen-bond acceptors (Lipinski definition) is 12. The number of amides is 2. The fourth-order valence-electron chi connectivity index (χ4n) is 3.30. The quantitative estimate of drug-likeness (QED) is 0.258. The van der Waals surface area contributed by atoms with Crippen LogP contribution in [0.3, 0.4) is 0 Å². The molecule has 0 aromatic carbocycles. The molecule has 1 saturated heterocycles. The van der Waals surface area contributed by atoms with Crippen molar-refractivity contribution in [1.82, 2.24) is 20.4 Å². The van der Waals surface area contributed by atoms with Gasteiger partial charge in [0, 0.05) is 17.2 Å². The lowest BCUT2D eigenvalue weighted by Gasteiger charge is -2.49. The van der Waals surface area contributed by atoms with Crippen molar-refractivity contribution in [3.05, 3.63) is 40.2 Å². The molecule has 2 aromatic heterocycles. The van der Waals surface area contributed by atoms with E-state index in [9.17, 15) is 19.5 Å². The molecule has 34 heavy (non-hydrogen) atoms. The number of thiazole rings is 1. The second kappa shape index (κ2) is 9.56. The molecule has 0 spiro atoms. The van der Waals surface area contributed by atoms with E-state index in [0.717, 1.165) is 16.2 Å². The first-order valence-electron chi connectivity index (χ1n) is 9.57. The topological polar surface area (TPSA) is 182 Å². The van der Waals surface area contributed by atoms with Gasteiger partial charge in [-0.2, -0.15) is 0 Å². The van der Waals surface area contributed by atoms with Crippen LogP contribution in [0, 0.1) is 0 Å². The van der Waals surface area contributed by atoms with E-state index < -0.39 is 29.2 Å². The number of β-lactam (4-membered cyclic amide) rings is 1. The minimum absolute atomic E-state index is 0.150. The molecule has 0 radical (unpaired) electrons. The van der Waals surface area contributed by atoms with Crippen LogP contribution in [0.4, 0.5) is 5.13 Å². The van der Waals surface area contributed by atoms with Crippen LogP contribution in [0.5, 0.6) is 5.88 Å². The summed E-state index contributed by atoms with van der Waals surface area (Å²) in [4.78, 5) is 47.5. The highest BCUT2D eigenvalue weighted by atomic mass is 32.2. The number of carbonyl (C=O) groups excluding carboxylic acids is 2. The van der Waals surface area contributed by atoms with Crippen LogP contribution in [0.15, 0.2) is 38.5 Å². The number of fused-ring (bicyclic) bond motifs is 1. The van der Waals surface area contributed by atoms with E-state index in [2.05, 4.69) is 20.6 Å². The van der Waals surface area contributed by atoms with Crippen molar-refractivity contribution in [2.75, 3.05) is 25.7 Å². The first kappa shape index (κ1) is 23.3. The number of hydrogen-bond donors (Lipinski definition) is 3. The molecule has 2 aliphatic rings. The maximum atomic E-state index is 12.9. The van der Waals surface area contributed by atoms with Gasteiger partial charge in [0.2, 0.25) is 0 Å². The highest BCUT2D eigenvalue weighted by Crippen LogP contribution is 2.40. The van der Waals surface area contributed by atoms with Crippen molar-refractivity contribution in [3.8, 4) is 5.88 Å². The Hall–Kier alpha value is -3.85. The zero-order valence-corrected chi connectivity index (χ0v) is 19.4. The van der Waals surface area contributed by atoms with E-state index in [1.165, 1.54) is 43.5 Å². The van der Waals surface area contributed by atoms with E-state index in [0.29, 0.717) is 11.3 Å². The molecule has 0 unspecified atom stereocenters. The third-order valence-electron chi connectivity index (χ3n) is 4.81. The third kappa shape index (κ3) is 4.34. The molecule has 15 heteroatoms. The van der Waals surface area contributed by atoms with Crippen molar-refractivity contribution >= 4 is 57.8 Å². The van der Waals surface area contributed by atoms with Crippen molar-refractivity contribution < 1.29 is 33.6 Å². The predicted molar refractivity (Wildman–Crippen MR) is 122 cm³/mol. The summed E-state index contributed by atoms with van der Waals surface area (Å²) < 4.78 is 10.0. The summed E-state index contributed by atoms with van der Waals surface area (Å²) in [6.07, 6.45) is 3.08. The molecule has 0 saturated carbocycles. The normalized spacial score (nSPS) is 20.2. The first-order chi connectivity index (χ1) is 16.3. The minimum atomic E-state index is -1.27. The maximum absolute atomic E-state index is 12.9. The fourth-order valence-corrected chi connectivity index (χ4v) is 5.17. The van der Waals surface area contributed by atoms with Gasteiger partial charge in [-0.3, -0.25) is 14.5 Å². The lowest BCUT2D eigenvalue weighted by molar-refractivity contribution is -0.150. The number of carboxylic acids is 1. The Bertz CT molecular complexity index is 1230. The molecule has 2 aliphatic heterocycles. The van der Waals surface area contributed by atoms with Gasteiger partial charge in [-0.15, -0.1) is 23.1 Å². The molecule has 4 heterocycles. The van der Waals surface area contributed by atoms with Crippen LogP contribution >= 0.6 is 23.1 Å². The van der Waals surface area contributed by atoms with Crippen LogP contribution in [-0.2, 0) is 19.2 Å². The third-order valence-corrected chi connectivity index (χ3v) is 6.79. The van der Waals surface area contributed by atoms with E-state index in [-0.39, 0.29) is 33.9 Å². The molecule has 178 valence electrons. The number of allylic oxidation sites excluding steroid dienone is 1. The van der Waals surface area contributed by atoms with Crippen LogP contribution in [0.25, 0.3) is 6.08 Å². The molecule has 4 N–H and O–H groups in total. The number of methoxy groups -OCH3 is 1. The van der Waals surface area contributed by atoms with Crippen LogP contribution in [0.2, 0.25) is 0 Å². The molecule has 13 nitrogen and oxygen atoms in total. The minimum Gasteiger partial charge on any atom is -0.479 e. The van der Waals surface area contributed by atoms with Crippen molar-refractivity contribution in [2.45, 2.75) is 11.4 Å². The number of ether oxygens (including phenoxy) is 1. The fraction of sp³-hybridized carbons (Fsp3) is 0.263. The standard InChI is InChI=1S/C19H18N6O7S2/c1-30-11-5-9(32-23-11)4-3-8-6-33-17-13(16(27)25(17)14(8)18(28)29)22-15(26)12(24-31-2)10-7-34-19(20)21-10/h3-5,7,13,17H,6H2,1-2H3,(H2,20,21)(H,22,26)(H,28,29)/b4-3-,24-12-/t13-,17-/m1/s1.